The Morgan fingerprint density at radius 1 is 1.47 bits per heavy atom. The monoisotopic (exact) mass is 210 g/mol. The molecule has 0 saturated heterocycles. The second kappa shape index (κ2) is 4.98. The van der Waals surface area contributed by atoms with Crippen molar-refractivity contribution < 1.29 is 9.21 Å². The third-order valence-corrected chi connectivity index (χ3v) is 2.13. The fourth-order valence-corrected chi connectivity index (χ4v) is 1.34. The van der Waals surface area contributed by atoms with Crippen LogP contribution in [-0.4, -0.2) is 38.0 Å². The first-order chi connectivity index (χ1) is 7.00. The van der Waals surface area contributed by atoms with Crippen molar-refractivity contribution in [3.8, 4) is 0 Å². The number of carbonyl (C=O) groups is 1. The number of nitrogens with zero attached hydrogens (tertiary/aromatic N) is 1. The molecule has 1 amide bonds. The van der Waals surface area contributed by atoms with Crippen molar-refractivity contribution in [2.75, 3.05) is 27.2 Å². The molecule has 0 aliphatic carbocycles. The highest BCUT2D eigenvalue weighted by Crippen LogP contribution is 2.12. The molecule has 1 aromatic rings. The summed E-state index contributed by atoms with van der Waals surface area (Å²) in [5, 5.41) is 2.84. The Bertz CT molecular complexity index is 342. The van der Waals surface area contributed by atoms with Crippen LogP contribution in [0.15, 0.2) is 10.5 Å². The van der Waals surface area contributed by atoms with Crippen molar-refractivity contribution in [3.05, 3.63) is 23.2 Å². The zero-order valence-electron chi connectivity index (χ0n) is 9.76. The molecule has 0 atom stereocenters. The van der Waals surface area contributed by atoms with Gasteiger partial charge >= 0.3 is 0 Å². The maximum Gasteiger partial charge on any atom is 0.254 e. The zero-order chi connectivity index (χ0) is 11.4. The first kappa shape index (κ1) is 11.8. The van der Waals surface area contributed by atoms with Crippen molar-refractivity contribution >= 4 is 5.91 Å². The summed E-state index contributed by atoms with van der Waals surface area (Å²) >= 11 is 0. The molecule has 0 saturated carbocycles. The summed E-state index contributed by atoms with van der Waals surface area (Å²) in [5.74, 6) is 1.38. The lowest BCUT2D eigenvalue weighted by Gasteiger charge is -2.09. The van der Waals surface area contributed by atoms with Crippen LogP contribution in [0, 0.1) is 13.8 Å². The fraction of sp³-hybridized carbons (Fsp3) is 0.545. The van der Waals surface area contributed by atoms with E-state index >= 15 is 0 Å². The smallest absolute Gasteiger partial charge is 0.254 e. The Morgan fingerprint density at radius 2 is 2.13 bits per heavy atom. The van der Waals surface area contributed by atoms with Gasteiger partial charge in [-0.3, -0.25) is 4.79 Å². The highest BCUT2D eigenvalue weighted by molar-refractivity contribution is 5.95. The number of nitrogens with one attached hydrogen (secondary N) is 1. The normalized spacial score (nSPS) is 10.7. The molecule has 84 valence electrons. The summed E-state index contributed by atoms with van der Waals surface area (Å²) in [7, 11) is 3.94. The van der Waals surface area contributed by atoms with E-state index in [1.54, 1.807) is 13.0 Å². The van der Waals surface area contributed by atoms with Gasteiger partial charge in [-0.15, -0.1) is 0 Å². The van der Waals surface area contributed by atoms with Crippen molar-refractivity contribution in [2.24, 2.45) is 0 Å². The second-order valence-electron chi connectivity index (χ2n) is 3.89. The number of aryl methyl sites for hydroxylation is 2. The number of furan rings is 1. The minimum absolute atomic E-state index is 0.0637. The predicted octanol–water partition coefficient (Wildman–Crippen LogP) is 1.19. The highest BCUT2D eigenvalue weighted by atomic mass is 16.3. The molecule has 15 heavy (non-hydrogen) atoms. The molecule has 0 spiro atoms. The minimum Gasteiger partial charge on any atom is -0.466 e. The van der Waals surface area contributed by atoms with E-state index in [0.717, 1.165) is 12.3 Å². The van der Waals surface area contributed by atoms with Crippen LogP contribution in [0.25, 0.3) is 0 Å². The lowest BCUT2D eigenvalue weighted by atomic mass is 10.2. The van der Waals surface area contributed by atoms with E-state index in [2.05, 4.69) is 5.32 Å². The molecule has 0 aliphatic heterocycles. The van der Waals surface area contributed by atoms with E-state index in [0.29, 0.717) is 17.9 Å². The van der Waals surface area contributed by atoms with Gasteiger partial charge in [0.1, 0.15) is 11.5 Å². The molecule has 4 heteroatoms. The summed E-state index contributed by atoms with van der Waals surface area (Å²) in [5.41, 5.74) is 0.631. The van der Waals surface area contributed by atoms with Gasteiger partial charge in [-0.05, 0) is 34.0 Å². The van der Waals surface area contributed by atoms with E-state index in [4.69, 9.17) is 4.42 Å². The number of hydrogen-bond acceptors (Lipinski definition) is 3. The first-order valence-electron chi connectivity index (χ1n) is 5.00. The molecule has 0 bridgehead atoms. The standard InChI is InChI=1S/C11H18N2O2/c1-8-7-10(9(2)15-8)11(14)12-5-6-13(3)4/h7H,5-6H2,1-4H3,(H,12,14). The molecule has 0 fully saturated rings. The maximum atomic E-state index is 11.7. The number of rotatable bonds is 4. The number of carbonyl (C=O) groups excluding carboxylic acids is 1. The van der Waals surface area contributed by atoms with Crippen molar-refractivity contribution in [1.82, 2.24) is 10.2 Å². The van der Waals surface area contributed by atoms with Gasteiger partial charge in [0.2, 0.25) is 0 Å². The lowest BCUT2D eigenvalue weighted by molar-refractivity contribution is 0.0949. The largest absolute Gasteiger partial charge is 0.466 e. The van der Waals surface area contributed by atoms with E-state index in [9.17, 15) is 4.79 Å². The molecule has 0 unspecified atom stereocenters. The fourth-order valence-electron chi connectivity index (χ4n) is 1.34. The molecule has 0 aliphatic rings. The summed E-state index contributed by atoms with van der Waals surface area (Å²) < 4.78 is 5.29. The van der Waals surface area contributed by atoms with Crippen molar-refractivity contribution in [2.45, 2.75) is 13.8 Å². The molecule has 1 aromatic heterocycles. The Morgan fingerprint density at radius 3 is 2.60 bits per heavy atom. The minimum atomic E-state index is -0.0637. The van der Waals surface area contributed by atoms with E-state index in [1.807, 2.05) is 25.9 Å². The summed E-state index contributed by atoms with van der Waals surface area (Å²) in [6.07, 6.45) is 0. The average molecular weight is 210 g/mol. The van der Waals surface area contributed by atoms with Gasteiger partial charge in [-0.1, -0.05) is 0 Å². The molecule has 1 N–H and O–H groups in total. The summed E-state index contributed by atoms with van der Waals surface area (Å²) in [6.45, 7) is 5.12. The predicted molar refractivity (Wildman–Crippen MR) is 59.1 cm³/mol. The average Bonchev–Trinajstić information content (AvgIpc) is 2.44. The molecule has 4 nitrogen and oxygen atoms in total. The van der Waals surface area contributed by atoms with Gasteiger partial charge in [0.05, 0.1) is 5.56 Å². The summed E-state index contributed by atoms with van der Waals surface area (Å²) in [6, 6.07) is 1.76. The van der Waals surface area contributed by atoms with Gasteiger partial charge in [0, 0.05) is 13.1 Å². The molecular weight excluding hydrogens is 192 g/mol. The Kier molecular flexibility index (Phi) is 3.91. The third kappa shape index (κ3) is 3.40. The van der Waals surface area contributed by atoms with Gasteiger partial charge < -0.3 is 14.6 Å². The number of hydrogen-bond donors (Lipinski definition) is 1. The van der Waals surface area contributed by atoms with E-state index in [1.165, 1.54) is 0 Å². The zero-order valence-corrected chi connectivity index (χ0v) is 9.76. The molecule has 1 rings (SSSR count). The highest BCUT2D eigenvalue weighted by Gasteiger charge is 2.12. The Labute approximate surface area is 90.3 Å². The van der Waals surface area contributed by atoms with Crippen molar-refractivity contribution in [3.63, 3.8) is 0 Å². The number of amides is 1. The van der Waals surface area contributed by atoms with Gasteiger partial charge in [-0.2, -0.15) is 0 Å². The molecule has 0 aromatic carbocycles. The van der Waals surface area contributed by atoms with Crippen molar-refractivity contribution in [1.29, 1.82) is 0 Å². The van der Waals surface area contributed by atoms with Crippen LogP contribution in [0.1, 0.15) is 21.9 Å². The van der Waals surface area contributed by atoms with Crippen LogP contribution in [0.3, 0.4) is 0 Å². The lowest BCUT2D eigenvalue weighted by Crippen LogP contribution is -2.31. The van der Waals surface area contributed by atoms with Gasteiger partial charge in [0.15, 0.2) is 0 Å². The van der Waals surface area contributed by atoms with Crippen LogP contribution in [0.4, 0.5) is 0 Å². The maximum absolute atomic E-state index is 11.7. The van der Waals surface area contributed by atoms with Crippen LogP contribution in [-0.2, 0) is 0 Å². The van der Waals surface area contributed by atoms with E-state index in [-0.39, 0.29) is 5.91 Å². The van der Waals surface area contributed by atoms with Gasteiger partial charge in [-0.25, -0.2) is 0 Å². The molecule has 1 heterocycles. The van der Waals surface area contributed by atoms with Gasteiger partial charge in [0.25, 0.3) is 5.91 Å². The van der Waals surface area contributed by atoms with Crippen LogP contribution in [0.2, 0.25) is 0 Å². The third-order valence-electron chi connectivity index (χ3n) is 2.13. The SMILES string of the molecule is Cc1cc(C(=O)NCCN(C)C)c(C)o1. The quantitative estimate of drug-likeness (QED) is 0.812. The van der Waals surface area contributed by atoms with Crippen LogP contribution in [0.5, 0.6) is 0 Å². The van der Waals surface area contributed by atoms with Crippen LogP contribution < -0.4 is 5.32 Å². The van der Waals surface area contributed by atoms with E-state index < -0.39 is 0 Å². The molecule has 0 radical (unpaired) electrons. The Hall–Kier alpha value is -1.29. The second-order valence-corrected chi connectivity index (χ2v) is 3.89. The summed E-state index contributed by atoms with van der Waals surface area (Å²) in [4.78, 5) is 13.7. The first-order valence-corrected chi connectivity index (χ1v) is 5.00. The topological polar surface area (TPSA) is 45.5 Å². The number of likely N-dealkylation sites (N-methyl/N-ethyl adjacent to an activating group) is 1. The van der Waals surface area contributed by atoms with Crippen LogP contribution >= 0.6 is 0 Å². The molecular formula is C11H18N2O2. The Balaban J connectivity index is 2.50.